The molecule has 0 radical (unpaired) electrons. The molecule has 3 aromatic rings. The fraction of sp³-hybridized carbons (Fsp3) is 0.100. The van der Waals surface area contributed by atoms with E-state index in [1.165, 1.54) is 12.1 Å². The van der Waals surface area contributed by atoms with Crippen molar-refractivity contribution in [2.75, 3.05) is 5.32 Å². The van der Waals surface area contributed by atoms with Gasteiger partial charge in [0.1, 0.15) is 18.2 Å². The molecule has 0 heterocycles. The van der Waals surface area contributed by atoms with Gasteiger partial charge in [-0.2, -0.15) is 0 Å². The zero-order valence-corrected chi connectivity index (χ0v) is 14.8. The number of halogens is 3. The fourth-order valence-corrected chi connectivity index (χ4v) is 2.79. The quantitative estimate of drug-likeness (QED) is 0.543. The highest BCUT2D eigenvalue weighted by atomic mass is 35.5. The van der Waals surface area contributed by atoms with Crippen LogP contribution in [-0.4, -0.2) is 0 Å². The lowest BCUT2D eigenvalue weighted by Crippen LogP contribution is -2.04. The molecule has 2 nitrogen and oxygen atoms in total. The van der Waals surface area contributed by atoms with Gasteiger partial charge >= 0.3 is 0 Å². The van der Waals surface area contributed by atoms with Crippen molar-refractivity contribution in [2.45, 2.75) is 13.2 Å². The van der Waals surface area contributed by atoms with Crippen molar-refractivity contribution in [3.8, 4) is 5.75 Å². The Morgan fingerprint density at radius 2 is 1.68 bits per heavy atom. The summed E-state index contributed by atoms with van der Waals surface area (Å²) in [7, 11) is 0. The van der Waals surface area contributed by atoms with Crippen LogP contribution in [0.1, 0.15) is 11.1 Å². The van der Waals surface area contributed by atoms with E-state index in [-0.39, 0.29) is 12.4 Å². The number of hydrogen-bond donors (Lipinski definition) is 1. The molecule has 0 bridgehead atoms. The van der Waals surface area contributed by atoms with Crippen LogP contribution in [0.15, 0.2) is 66.7 Å². The van der Waals surface area contributed by atoms with Gasteiger partial charge < -0.3 is 10.1 Å². The van der Waals surface area contributed by atoms with E-state index in [4.69, 9.17) is 27.9 Å². The summed E-state index contributed by atoms with van der Waals surface area (Å²) in [6.07, 6.45) is 0. The van der Waals surface area contributed by atoms with Gasteiger partial charge in [0.25, 0.3) is 0 Å². The lowest BCUT2D eigenvalue weighted by atomic mass is 10.2. The molecule has 3 aromatic carbocycles. The van der Waals surface area contributed by atoms with Crippen LogP contribution in [-0.2, 0) is 13.2 Å². The van der Waals surface area contributed by atoms with E-state index in [0.717, 1.165) is 16.8 Å². The van der Waals surface area contributed by atoms with Crippen molar-refractivity contribution in [3.63, 3.8) is 0 Å². The van der Waals surface area contributed by atoms with Crippen molar-refractivity contribution >= 4 is 28.9 Å². The standard InChI is InChI=1S/C20H16Cl2FNO/c21-16-7-9-20(25-13-14-6-8-17(23)11-19(14)22)15(10-16)12-24-18-4-2-1-3-5-18/h1-11,24H,12-13H2. The molecule has 0 aliphatic carbocycles. The van der Waals surface area contributed by atoms with Crippen LogP contribution in [0.3, 0.4) is 0 Å². The summed E-state index contributed by atoms with van der Waals surface area (Å²) >= 11 is 12.2. The van der Waals surface area contributed by atoms with Crippen LogP contribution in [0.4, 0.5) is 10.1 Å². The number of anilines is 1. The molecule has 0 unspecified atom stereocenters. The van der Waals surface area contributed by atoms with Gasteiger partial charge in [-0.15, -0.1) is 0 Å². The van der Waals surface area contributed by atoms with Gasteiger partial charge in [-0.05, 0) is 42.5 Å². The van der Waals surface area contributed by atoms with Crippen LogP contribution >= 0.6 is 23.2 Å². The SMILES string of the molecule is Fc1ccc(COc2ccc(Cl)cc2CNc2ccccc2)c(Cl)c1. The first-order chi connectivity index (χ1) is 12.1. The number of para-hydroxylation sites is 1. The molecule has 0 aromatic heterocycles. The summed E-state index contributed by atoms with van der Waals surface area (Å²) in [5.41, 5.74) is 2.66. The van der Waals surface area contributed by atoms with Gasteiger partial charge in [-0.25, -0.2) is 4.39 Å². The van der Waals surface area contributed by atoms with Crippen molar-refractivity contribution < 1.29 is 9.13 Å². The highest BCUT2D eigenvalue weighted by Crippen LogP contribution is 2.26. The molecule has 25 heavy (non-hydrogen) atoms. The molecule has 3 rings (SSSR count). The zero-order chi connectivity index (χ0) is 17.6. The molecule has 0 amide bonds. The molecule has 0 aliphatic rings. The highest BCUT2D eigenvalue weighted by Gasteiger charge is 2.08. The van der Waals surface area contributed by atoms with Crippen molar-refractivity contribution in [1.82, 2.24) is 0 Å². The Labute approximate surface area is 156 Å². The molecule has 128 valence electrons. The number of hydrogen-bond acceptors (Lipinski definition) is 2. The molecular formula is C20H16Cl2FNO. The minimum atomic E-state index is -0.368. The van der Waals surface area contributed by atoms with E-state index in [9.17, 15) is 4.39 Å². The first kappa shape index (κ1) is 17.6. The number of nitrogens with one attached hydrogen (secondary N) is 1. The second-order valence-corrected chi connectivity index (χ2v) is 6.34. The molecular weight excluding hydrogens is 360 g/mol. The van der Waals surface area contributed by atoms with Gasteiger partial charge in [0.05, 0.1) is 5.02 Å². The van der Waals surface area contributed by atoms with Gasteiger partial charge in [-0.3, -0.25) is 0 Å². The molecule has 0 saturated carbocycles. The Hall–Kier alpha value is -2.23. The zero-order valence-electron chi connectivity index (χ0n) is 13.3. The van der Waals surface area contributed by atoms with Gasteiger partial charge in [0.15, 0.2) is 0 Å². The largest absolute Gasteiger partial charge is 0.488 e. The number of rotatable bonds is 6. The Balaban J connectivity index is 1.72. The molecule has 0 spiro atoms. The van der Waals surface area contributed by atoms with Crippen LogP contribution < -0.4 is 10.1 Å². The highest BCUT2D eigenvalue weighted by molar-refractivity contribution is 6.31. The smallest absolute Gasteiger partial charge is 0.124 e. The molecule has 0 saturated heterocycles. The number of benzene rings is 3. The Bertz CT molecular complexity index is 856. The van der Waals surface area contributed by atoms with E-state index in [1.807, 2.05) is 42.5 Å². The van der Waals surface area contributed by atoms with E-state index >= 15 is 0 Å². The molecule has 0 fully saturated rings. The maximum absolute atomic E-state index is 13.1. The minimum absolute atomic E-state index is 0.249. The van der Waals surface area contributed by atoms with Crippen LogP contribution in [0.25, 0.3) is 0 Å². The first-order valence-corrected chi connectivity index (χ1v) is 8.51. The van der Waals surface area contributed by atoms with E-state index in [2.05, 4.69) is 5.32 Å². The molecule has 1 N–H and O–H groups in total. The Morgan fingerprint density at radius 1 is 0.880 bits per heavy atom. The van der Waals surface area contributed by atoms with Gasteiger partial charge in [0.2, 0.25) is 0 Å². The summed E-state index contributed by atoms with van der Waals surface area (Å²) in [6, 6.07) is 19.6. The van der Waals surface area contributed by atoms with Crippen LogP contribution in [0.2, 0.25) is 10.0 Å². The third-order valence-electron chi connectivity index (χ3n) is 3.68. The van der Waals surface area contributed by atoms with E-state index < -0.39 is 0 Å². The second-order valence-electron chi connectivity index (χ2n) is 5.50. The predicted molar refractivity (Wildman–Crippen MR) is 101 cm³/mol. The van der Waals surface area contributed by atoms with Crippen molar-refractivity contribution in [2.24, 2.45) is 0 Å². The Kier molecular flexibility index (Phi) is 5.79. The summed E-state index contributed by atoms with van der Waals surface area (Å²) in [4.78, 5) is 0. The number of ether oxygens (including phenoxy) is 1. The Morgan fingerprint density at radius 3 is 2.44 bits per heavy atom. The third-order valence-corrected chi connectivity index (χ3v) is 4.26. The van der Waals surface area contributed by atoms with Gasteiger partial charge in [-0.1, -0.05) is 47.5 Å². The molecule has 0 aliphatic heterocycles. The monoisotopic (exact) mass is 375 g/mol. The topological polar surface area (TPSA) is 21.3 Å². The van der Waals surface area contributed by atoms with Crippen LogP contribution in [0.5, 0.6) is 5.75 Å². The normalized spacial score (nSPS) is 10.5. The van der Waals surface area contributed by atoms with Crippen molar-refractivity contribution in [1.29, 1.82) is 0 Å². The molecule has 0 atom stereocenters. The summed E-state index contributed by atoms with van der Waals surface area (Å²) in [5.74, 6) is 0.334. The van der Waals surface area contributed by atoms with Crippen molar-refractivity contribution in [3.05, 3.63) is 93.7 Å². The van der Waals surface area contributed by atoms with E-state index in [0.29, 0.717) is 22.3 Å². The average Bonchev–Trinajstić information content (AvgIpc) is 2.61. The van der Waals surface area contributed by atoms with Crippen LogP contribution in [0, 0.1) is 5.82 Å². The summed E-state index contributed by atoms with van der Waals surface area (Å²) in [6.45, 7) is 0.816. The third kappa shape index (κ3) is 4.88. The maximum Gasteiger partial charge on any atom is 0.124 e. The average molecular weight is 376 g/mol. The lowest BCUT2D eigenvalue weighted by Gasteiger charge is -2.14. The summed E-state index contributed by atoms with van der Waals surface area (Å²) < 4.78 is 19.0. The first-order valence-electron chi connectivity index (χ1n) is 7.76. The second kappa shape index (κ2) is 8.24. The molecule has 5 heteroatoms. The van der Waals surface area contributed by atoms with E-state index in [1.54, 1.807) is 12.1 Å². The predicted octanol–water partition coefficient (Wildman–Crippen LogP) is 6.32. The lowest BCUT2D eigenvalue weighted by molar-refractivity contribution is 0.303. The maximum atomic E-state index is 13.1. The summed E-state index contributed by atoms with van der Waals surface area (Å²) in [5, 5.41) is 4.31. The van der Waals surface area contributed by atoms with Gasteiger partial charge in [0, 0.05) is 28.4 Å². The minimum Gasteiger partial charge on any atom is -0.488 e. The fourth-order valence-electron chi connectivity index (χ4n) is 2.37.